The van der Waals surface area contributed by atoms with Crippen LogP contribution < -0.4 is 10.6 Å². The molecule has 0 spiro atoms. The van der Waals surface area contributed by atoms with E-state index in [1.54, 1.807) is 24.4 Å². The van der Waals surface area contributed by atoms with E-state index in [9.17, 15) is 9.59 Å². The molecule has 1 aliphatic heterocycles. The second kappa shape index (κ2) is 8.42. The Hall–Kier alpha value is -2.25. The van der Waals surface area contributed by atoms with Crippen molar-refractivity contribution in [3.05, 3.63) is 57.8 Å². The summed E-state index contributed by atoms with van der Waals surface area (Å²) in [6.45, 7) is 5.12. The minimum Gasteiger partial charge on any atom is -0.337 e. The summed E-state index contributed by atoms with van der Waals surface area (Å²) in [7, 11) is 0. The lowest BCUT2D eigenvalue weighted by Gasteiger charge is -2.20. The molecular formula is C19H21BrN4O2. The minimum absolute atomic E-state index is 0.0332. The van der Waals surface area contributed by atoms with Gasteiger partial charge in [-0.3, -0.25) is 14.6 Å². The Bertz CT molecular complexity index is 817. The van der Waals surface area contributed by atoms with Crippen molar-refractivity contribution in [2.24, 2.45) is 0 Å². The molecule has 1 fully saturated rings. The largest absolute Gasteiger partial charge is 0.337 e. The number of pyridine rings is 1. The SMILES string of the molecule is Cc1cc(C(=O)N2CCCNCC2)ccc1NC(=O)c1cncc(Br)c1. The van der Waals surface area contributed by atoms with Gasteiger partial charge in [0, 0.05) is 47.8 Å². The van der Waals surface area contributed by atoms with E-state index < -0.39 is 0 Å². The maximum atomic E-state index is 12.7. The average molecular weight is 417 g/mol. The van der Waals surface area contributed by atoms with E-state index in [-0.39, 0.29) is 11.8 Å². The number of hydrogen-bond donors (Lipinski definition) is 2. The zero-order valence-corrected chi connectivity index (χ0v) is 16.2. The van der Waals surface area contributed by atoms with Crippen LogP contribution in [0.25, 0.3) is 0 Å². The monoisotopic (exact) mass is 416 g/mol. The number of nitrogens with zero attached hydrogens (tertiary/aromatic N) is 2. The van der Waals surface area contributed by atoms with Gasteiger partial charge < -0.3 is 15.5 Å². The lowest BCUT2D eigenvalue weighted by molar-refractivity contribution is 0.0766. The Morgan fingerprint density at radius 1 is 1.15 bits per heavy atom. The molecule has 1 aromatic carbocycles. The Labute approximate surface area is 161 Å². The van der Waals surface area contributed by atoms with E-state index in [0.717, 1.165) is 36.1 Å². The van der Waals surface area contributed by atoms with Crippen molar-refractivity contribution < 1.29 is 9.59 Å². The predicted octanol–water partition coefficient (Wildman–Crippen LogP) is 2.84. The fraction of sp³-hybridized carbons (Fsp3) is 0.316. The summed E-state index contributed by atoms with van der Waals surface area (Å²) in [6, 6.07) is 7.09. The summed E-state index contributed by atoms with van der Waals surface area (Å²) in [4.78, 5) is 30.9. The van der Waals surface area contributed by atoms with Crippen LogP contribution in [0.5, 0.6) is 0 Å². The van der Waals surface area contributed by atoms with Crippen LogP contribution in [0.15, 0.2) is 41.1 Å². The van der Waals surface area contributed by atoms with Crippen molar-refractivity contribution in [3.63, 3.8) is 0 Å². The average Bonchev–Trinajstić information content (AvgIpc) is 2.92. The molecule has 26 heavy (non-hydrogen) atoms. The summed E-state index contributed by atoms with van der Waals surface area (Å²) in [5.41, 5.74) is 2.65. The maximum absolute atomic E-state index is 12.7. The molecule has 0 atom stereocenters. The number of aryl methyl sites for hydroxylation is 1. The first-order chi connectivity index (χ1) is 12.5. The smallest absolute Gasteiger partial charge is 0.257 e. The molecule has 3 rings (SSSR count). The molecule has 0 unspecified atom stereocenters. The Balaban J connectivity index is 1.72. The zero-order valence-electron chi connectivity index (χ0n) is 14.6. The lowest BCUT2D eigenvalue weighted by atomic mass is 10.1. The van der Waals surface area contributed by atoms with Gasteiger partial charge in [-0.05, 0) is 65.6 Å². The minimum atomic E-state index is -0.237. The molecule has 7 heteroatoms. The van der Waals surface area contributed by atoms with E-state index in [0.29, 0.717) is 23.4 Å². The Morgan fingerprint density at radius 3 is 2.77 bits per heavy atom. The second-order valence-electron chi connectivity index (χ2n) is 6.27. The molecule has 2 N–H and O–H groups in total. The van der Waals surface area contributed by atoms with Gasteiger partial charge in [0.15, 0.2) is 0 Å². The standard InChI is InChI=1S/C19H21BrN4O2/c1-13-9-14(19(26)24-7-2-5-21-6-8-24)3-4-17(13)23-18(25)15-10-16(20)12-22-11-15/h3-4,9-12,21H,2,5-8H2,1H3,(H,23,25). The van der Waals surface area contributed by atoms with Crippen LogP contribution in [0.2, 0.25) is 0 Å². The summed E-state index contributed by atoms with van der Waals surface area (Å²) >= 11 is 3.31. The van der Waals surface area contributed by atoms with Gasteiger partial charge in [-0.1, -0.05) is 0 Å². The third-order valence-corrected chi connectivity index (χ3v) is 4.75. The van der Waals surface area contributed by atoms with E-state index in [1.165, 1.54) is 6.20 Å². The number of amides is 2. The molecule has 0 saturated carbocycles. The van der Waals surface area contributed by atoms with Crippen LogP contribution >= 0.6 is 15.9 Å². The highest BCUT2D eigenvalue weighted by atomic mass is 79.9. The molecule has 0 bridgehead atoms. The number of halogens is 1. The van der Waals surface area contributed by atoms with Crippen LogP contribution in [-0.4, -0.2) is 47.9 Å². The highest BCUT2D eigenvalue weighted by molar-refractivity contribution is 9.10. The number of anilines is 1. The van der Waals surface area contributed by atoms with Crippen LogP contribution in [0.4, 0.5) is 5.69 Å². The van der Waals surface area contributed by atoms with Crippen molar-refractivity contribution in [1.29, 1.82) is 0 Å². The summed E-state index contributed by atoms with van der Waals surface area (Å²) in [5.74, 6) is -0.203. The topological polar surface area (TPSA) is 74.3 Å². The second-order valence-corrected chi connectivity index (χ2v) is 7.19. The Kier molecular flexibility index (Phi) is 6.00. The summed E-state index contributed by atoms with van der Waals surface area (Å²) in [5, 5.41) is 6.17. The maximum Gasteiger partial charge on any atom is 0.257 e. The molecule has 6 nitrogen and oxygen atoms in total. The molecule has 2 amide bonds. The van der Waals surface area contributed by atoms with Crippen molar-refractivity contribution in [2.75, 3.05) is 31.5 Å². The lowest BCUT2D eigenvalue weighted by Crippen LogP contribution is -2.34. The number of aromatic nitrogens is 1. The van der Waals surface area contributed by atoms with Gasteiger partial charge in [-0.15, -0.1) is 0 Å². The quantitative estimate of drug-likeness (QED) is 0.806. The van der Waals surface area contributed by atoms with Gasteiger partial charge in [-0.2, -0.15) is 0 Å². The first-order valence-corrected chi connectivity index (χ1v) is 9.36. The molecule has 0 radical (unpaired) electrons. The molecule has 136 valence electrons. The van der Waals surface area contributed by atoms with Crippen molar-refractivity contribution >= 4 is 33.4 Å². The van der Waals surface area contributed by atoms with Crippen LogP contribution in [0, 0.1) is 6.92 Å². The number of rotatable bonds is 3. The normalized spacial score (nSPS) is 14.6. The highest BCUT2D eigenvalue weighted by Crippen LogP contribution is 2.19. The first kappa shape index (κ1) is 18.5. The van der Waals surface area contributed by atoms with E-state index in [2.05, 4.69) is 31.5 Å². The van der Waals surface area contributed by atoms with Crippen LogP contribution in [0.1, 0.15) is 32.7 Å². The summed E-state index contributed by atoms with van der Waals surface area (Å²) in [6.07, 6.45) is 4.10. The highest BCUT2D eigenvalue weighted by Gasteiger charge is 2.18. The van der Waals surface area contributed by atoms with Crippen molar-refractivity contribution in [3.8, 4) is 0 Å². The van der Waals surface area contributed by atoms with Crippen LogP contribution in [0.3, 0.4) is 0 Å². The van der Waals surface area contributed by atoms with Gasteiger partial charge in [0.05, 0.1) is 5.56 Å². The molecular weight excluding hydrogens is 396 g/mol. The Morgan fingerprint density at radius 2 is 2.00 bits per heavy atom. The van der Waals surface area contributed by atoms with Gasteiger partial charge in [0.25, 0.3) is 11.8 Å². The first-order valence-electron chi connectivity index (χ1n) is 8.57. The number of carbonyl (C=O) groups is 2. The predicted molar refractivity (Wildman–Crippen MR) is 104 cm³/mol. The van der Waals surface area contributed by atoms with E-state index in [1.807, 2.05) is 17.9 Å². The van der Waals surface area contributed by atoms with Gasteiger partial charge in [-0.25, -0.2) is 0 Å². The molecule has 0 aliphatic carbocycles. The molecule has 1 aromatic heterocycles. The number of benzene rings is 1. The van der Waals surface area contributed by atoms with E-state index in [4.69, 9.17) is 0 Å². The van der Waals surface area contributed by atoms with Gasteiger partial charge >= 0.3 is 0 Å². The number of hydrogen-bond acceptors (Lipinski definition) is 4. The van der Waals surface area contributed by atoms with Gasteiger partial charge in [0.2, 0.25) is 0 Å². The van der Waals surface area contributed by atoms with E-state index >= 15 is 0 Å². The summed E-state index contributed by atoms with van der Waals surface area (Å²) < 4.78 is 0.745. The number of carbonyl (C=O) groups excluding carboxylic acids is 2. The molecule has 1 aliphatic rings. The molecule has 2 aromatic rings. The van der Waals surface area contributed by atoms with Crippen molar-refractivity contribution in [1.82, 2.24) is 15.2 Å². The van der Waals surface area contributed by atoms with Crippen molar-refractivity contribution in [2.45, 2.75) is 13.3 Å². The molecule has 1 saturated heterocycles. The van der Waals surface area contributed by atoms with Crippen LogP contribution in [-0.2, 0) is 0 Å². The molecule has 2 heterocycles. The fourth-order valence-electron chi connectivity index (χ4n) is 2.90. The number of nitrogens with one attached hydrogen (secondary N) is 2. The van der Waals surface area contributed by atoms with Gasteiger partial charge in [0.1, 0.15) is 0 Å². The third kappa shape index (κ3) is 4.47. The third-order valence-electron chi connectivity index (χ3n) is 4.32. The zero-order chi connectivity index (χ0) is 18.5. The fourth-order valence-corrected chi connectivity index (χ4v) is 3.26.